The summed E-state index contributed by atoms with van der Waals surface area (Å²) >= 11 is 5.90. The van der Waals surface area contributed by atoms with E-state index in [1.807, 2.05) is 18.2 Å². The molecule has 0 aliphatic rings. The average molecular weight is 241 g/mol. The van der Waals surface area contributed by atoms with Gasteiger partial charge in [-0.2, -0.15) is 0 Å². The van der Waals surface area contributed by atoms with Gasteiger partial charge in [-0.05, 0) is 31.7 Å². The molecule has 1 aromatic carbocycles. The van der Waals surface area contributed by atoms with E-state index in [2.05, 4.69) is 12.1 Å². The summed E-state index contributed by atoms with van der Waals surface area (Å²) in [5, 5.41) is -0.510. The van der Waals surface area contributed by atoms with Crippen molar-refractivity contribution in [2.24, 2.45) is 0 Å². The first-order chi connectivity index (χ1) is 7.74. The van der Waals surface area contributed by atoms with Crippen LogP contribution in [0.5, 0.6) is 0 Å². The fourth-order valence-electron chi connectivity index (χ4n) is 1.48. The maximum absolute atomic E-state index is 11.2. The molecule has 0 N–H and O–H groups in total. The number of aryl methyl sites for hydroxylation is 1. The highest BCUT2D eigenvalue weighted by atomic mass is 35.5. The number of alkyl halides is 1. The molecule has 3 heteroatoms. The molecule has 0 aliphatic carbocycles. The second-order valence-corrected chi connectivity index (χ2v) is 4.12. The van der Waals surface area contributed by atoms with E-state index in [-0.39, 0.29) is 5.97 Å². The van der Waals surface area contributed by atoms with Crippen molar-refractivity contribution in [3.63, 3.8) is 0 Å². The molecule has 16 heavy (non-hydrogen) atoms. The van der Waals surface area contributed by atoms with E-state index >= 15 is 0 Å². The van der Waals surface area contributed by atoms with Crippen LogP contribution < -0.4 is 0 Å². The second-order valence-electron chi connectivity index (χ2n) is 3.60. The SMILES string of the molecule is CCOC(=O)C(Cl)CCCc1ccccc1. The Labute approximate surface area is 102 Å². The van der Waals surface area contributed by atoms with Gasteiger partial charge in [0.2, 0.25) is 0 Å². The van der Waals surface area contributed by atoms with Gasteiger partial charge in [-0.3, -0.25) is 4.79 Å². The maximum atomic E-state index is 11.2. The summed E-state index contributed by atoms with van der Waals surface area (Å²) in [5.41, 5.74) is 1.27. The zero-order valence-electron chi connectivity index (χ0n) is 9.49. The summed E-state index contributed by atoms with van der Waals surface area (Å²) in [6.07, 6.45) is 2.51. The standard InChI is InChI=1S/C13H17ClO2/c1-2-16-13(15)12(14)10-6-9-11-7-4-3-5-8-11/h3-5,7-8,12H,2,6,9-10H2,1H3. The summed E-state index contributed by atoms with van der Waals surface area (Å²) < 4.78 is 4.84. The van der Waals surface area contributed by atoms with E-state index in [4.69, 9.17) is 16.3 Å². The van der Waals surface area contributed by atoms with Crippen LogP contribution in [0.15, 0.2) is 30.3 Å². The fourth-order valence-corrected chi connectivity index (χ4v) is 1.70. The largest absolute Gasteiger partial charge is 0.465 e. The number of benzene rings is 1. The van der Waals surface area contributed by atoms with Crippen molar-refractivity contribution in [1.29, 1.82) is 0 Å². The molecule has 0 amide bonds. The third kappa shape index (κ3) is 4.67. The van der Waals surface area contributed by atoms with Crippen molar-refractivity contribution >= 4 is 17.6 Å². The number of hydrogen-bond donors (Lipinski definition) is 0. The maximum Gasteiger partial charge on any atom is 0.324 e. The molecule has 0 aliphatic heterocycles. The van der Waals surface area contributed by atoms with Crippen molar-refractivity contribution in [3.8, 4) is 0 Å². The number of rotatable bonds is 6. The lowest BCUT2D eigenvalue weighted by Gasteiger charge is -2.08. The topological polar surface area (TPSA) is 26.3 Å². The molecule has 1 unspecified atom stereocenters. The first-order valence-corrected chi connectivity index (χ1v) is 6.02. The summed E-state index contributed by atoms with van der Waals surface area (Å²) in [6, 6.07) is 10.2. The van der Waals surface area contributed by atoms with E-state index in [0.29, 0.717) is 13.0 Å². The second kappa shape index (κ2) is 7.29. The van der Waals surface area contributed by atoms with Crippen molar-refractivity contribution in [2.45, 2.75) is 31.6 Å². The molecule has 0 aromatic heterocycles. The van der Waals surface area contributed by atoms with Crippen LogP contribution in [0.3, 0.4) is 0 Å². The van der Waals surface area contributed by atoms with Gasteiger partial charge in [-0.25, -0.2) is 0 Å². The van der Waals surface area contributed by atoms with Crippen LogP contribution in [-0.2, 0) is 16.0 Å². The minimum absolute atomic E-state index is 0.308. The molecule has 2 nitrogen and oxygen atoms in total. The minimum Gasteiger partial charge on any atom is -0.465 e. The predicted octanol–water partition coefficient (Wildman–Crippen LogP) is 3.18. The Hall–Kier alpha value is -1.02. The van der Waals surface area contributed by atoms with Crippen LogP contribution in [0.25, 0.3) is 0 Å². The quantitative estimate of drug-likeness (QED) is 0.564. The van der Waals surface area contributed by atoms with Crippen molar-refractivity contribution in [3.05, 3.63) is 35.9 Å². The Balaban J connectivity index is 2.23. The molecule has 0 saturated heterocycles. The number of esters is 1. The fraction of sp³-hybridized carbons (Fsp3) is 0.462. The zero-order valence-corrected chi connectivity index (χ0v) is 10.2. The Kier molecular flexibility index (Phi) is 5.94. The van der Waals surface area contributed by atoms with Crippen molar-refractivity contribution in [2.75, 3.05) is 6.61 Å². The van der Waals surface area contributed by atoms with Crippen LogP contribution in [0.1, 0.15) is 25.3 Å². The summed E-state index contributed by atoms with van der Waals surface area (Å²) in [5.74, 6) is -0.308. The van der Waals surface area contributed by atoms with E-state index in [0.717, 1.165) is 12.8 Å². The van der Waals surface area contributed by atoms with Gasteiger partial charge in [-0.15, -0.1) is 11.6 Å². The van der Waals surface area contributed by atoms with E-state index in [1.54, 1.807) is 6.92 Å². The Morgan fingerprint density at radius 3 is 2.69 bits per heavy atom. The van der Waals surface area contributed by atoms with E-state index in [9.17, 15) is 4.79 Å². The molecule has 1 aromatic rings. The Morgan fingerprint density at radius 2 is 2.06 bits per heavy atom. The monoisotopic (exact) mass is 240 g/mol. The molecule has 0 radical (unpaired) electrons. The lowest BCUT2D eigenvalue weighted by Crippen LogP contribution is -2.17. The van der Waals surface area contributed by atoms with E-state index < -0.39 is 5.38 Å². The van der Waals surface area contributed by atoms with Gasteiger partial charge >= 0.3 is 5.97 Å². The normalized spacial score (nSPS) is 12.1. The van der Waals surface area contributed by atoms with Gasteiger partial charge in [0.1, 0.15) is 5.38 Å². The van der Waals surface area contributed by atoms with Crippen molar-refractivity contribution in [1.82, 2.24) is 0 Å². The van der Waals surface area contributed by atoms with Gasteiger partial charge in [0, 0.05) is 0 Å². The van der Waals surface area contributed by atoms with Crippen molar-refractivity contribution < 1.29 is 9.53 Å². The average Bonchev–Trinajstić information content (AvgIpc) is 2.30. The highest BCUT2D eigenvalue weighted by molar-refractivity contribution is 6.29. The first-order valence-electron chi connectivity index (χ1n) is 5.58. The van der Waals surface area contributed by atoms with E-state index in [1.165, 1.54) is 5.56 Å². The third-order valence-electron chi connectivity index (χ3n) is 2.31. The smallest absolute Gasteiger partial charge is 0.324 e. The number of ether oxygens (including phenoxy) is 1. The summed E-state index contributed by atoms with van der Waals surface area (Å²) in [4.78, 5) is 11.2. The molecular weight excluding hydrogens is 224 g/mol. The summed E-state index contributed by atoms with van der Waals surface area (Å²) in [6.45, 7) is 2.17. The molecule has 0 bridgehead atoms. The lowest BCUT2D eigenvalue weighted by atomic mass is 10.1. The number of halogens is 1. The number of hydrogen-bond acceptors (Lipinski definition) is 2. The van der Waals surface area contributed by atoms with Gasteiger partial charge < -0.3 is 4.74 Å². The van der Waals surface area contributed by atoms with Gasteiger partial charge in [-0.1, -0.05) is 30.3 Å². The van der Waals surface area contributed by atoms with Crippen LogP contribution >= 0.6 is 11.6 Å². The van der Waals surface area contributed by atoms with Crippen LogP contribution in [0.2, 0.25) is 0 Å². The minimum atomic E-state index is -0.510. The molecule has 0 spiro atoms. The van der Waals surface area contributed by atoms with Crippen LogP contribution in [-0.4, -0.2) is 18.0 Å². The van der Waals surface area contributed by atoms with Crippen LogP contribution in [0, 0.1) is 0 Å². The predicted molar refractivity (Wildman–Crippen MR) is 65.7 cm³/mol. The molecule has 1 atom stereocenters. The summed E-state index contributed by atoms with van der Waals surface area (Å²) in [7, 11) is 0. The molecule has 1 rings (SSSR count). The molecule has 0 heterocycles. The lowest BCUT2D eigenvalue weighted by molar-refractivity contribution is -0.142. The zero-order chi connectivity index (χ0) is 11.8. The highest BCUT2D eigenvalue weighted by Crippen LogP contribution is 2.11. The molecule has 88 valence electrons. The van der Waals surface area contributed by atoms with Gasteiger partial charge in [0.25, 0.3) is 0 Å². The molecule has 0 saturated carbocycles. The Morgan fingerprint density at radius 1 is 1.38 bits per heavy atom. The van der Waals surface area contributed by atoms with Gasteiger partial charge in [0.15, 0.2) is 0 Å². The number of carbonyl (C=O) groups is 1. The molecule has 0 fully saturated rings. The van der Waals surface area contributed by atoms with Crippen LogP contribution in [0.4, 0.5) is 0 Å². The Bertz CT molecular complexity index is 311. The third-order valence-corrected chi connectivity index (χ3v) is 2.70. The first kappa shape index (κ1) is 13.0. The van der Waals surface area contributed by atoms with Gasteiger partial charge in [0.05, 0.1) is 6.61 Å². The molecular formula is C13H17ClO2. The highest BCUT2D eigenvalue weighted by Gasteiger charge is 2.15. The number of carbonyl (C=O) groups excluding carboxylic acids is 1.